The van der Waals surface area contributed by atoms with Crippen LogP contribution in [-0.2, 0) is 4.74 Å². The van der Waals surface area contributed by atoms with Crippen LogP contribution in [0, 0.1) is 0 Å². The van der Waals surface area contributed by atoms with E-state index in [-0.39, 0.29) is 11.6 Å². The summed E-state index contributed by atoms with van der Waals surface area (Å²) in [6, 6.07) is 3.63. The van der Waals surface area contributed by atoms with Crippen LogP contribution >= 0.6 is 0 Å². The summed E-state index contributed by atoms with van der Waals surface area (Å²) < 4.78 is 5.41. The molecule has 0 radical (unpaired) electrons. The van der Waals surface area contributed by atoms with Crippen molar-refractivity contribution in [2.45, 2.75) is 51.7 Å². The van der Waals surface area contributed by atoms with E-state index in [2.05, 4.69) is 30.4 Å². The van der Waals surface area contributed by atoms with Gasteiger partial charge in [0.15, 0.2) is 17.0 Å². The third kappa shape index (κ3) is 5.07. The average molecular weight is 454 g/mol. The number of aromatic amines is 1. The number of alkyl carbamates (subject to hydrolysis) is 1. The molecule has 3 aromatic rings. The third-order valence-corrected chi connectivity index (χ3v) is 5.70. The van der Waals surface area contributed by atoms with Crippen molar-refractivity contribution in [3.05, 3.63) is 24.5 Å². The number of nitrogens with zero attached hydrogens (tertiary/aromatic N) is 6. The number of H-pyrrole nitrogens is 1. The molecule has 0 spiro atoms. The van der Waals surface area contributed by atoms with E-state index < -0.39 is 5.60 Å². The van der Waals surface area contributed by atoms with Gasteiger partial charge in [-0.15, -0.1) is 0 Å². The lowest BCUT2D eigenvalue weighted by Gasteiger charge is -2.40. The quantitative estimate of drug-likeness (QED) is 0.544. The van der Waals surface area contributed by atoms with Crippen LogP contribution in [-0.4, -0.2) is 62.5 Å². The van der Waals surface area contributed by atoms with E-state index in [0.29, 0.717) is 22.8 Å². The van der Waals surface area contributed by atoms with E-state index in [0.717, 1.165) is 37.4 Å². The van der Waals surface area contributed by atoms with Gasteiger partial charge in [-0.3, -0.25) is 5.10 Å². The molecule has 0 bridgehead atoms. The number of nitrogen functional groups attached to an aromatic ring is 1. The Morgan fingerprint density at radius 1 is 1.30 bits per heavy atom. The summed E-state index contributed by atoms with van der Waals surface area (Å²) in [5, 5.41) is 10.4. The minimum atomic E-state index is -0.521. The second-order valence-electron chi connectivity index (χ2n) is 9.65. The van der Waals surface area contributed by atoms with Gasteiger partial charge in [-0.2, -0.15) is 5.10 Å². The predicted octanol–water partition coefficient (Wildman–Crippen LogP) is 2.98. The molecular formula is C22H31N9O2. The summed E-state index contributed by atoms with van der Waals surface area (Å²) in [6.45, 7) is 9.10. The molecule has 1 aliphatic rings. The Kier molecular flexibility index (Phi) is 5.73. The van der Waals surface area contributed by atoms with Crippen LogP contribution in [0.4, 0.5) is 27.9 Å². The first-order valence-corrected chi connectivity index (χ1v) is 11.0. The van der Waals surface area contributed by atoms with E-state index in [1.807, 2.05) is 45.7 Å². The van der Waals surface area contributed by atoms with Gasteiger partial charge in [-0.1, -0.05) is 0 Å². The minimum Gasteiger partial charge on any atom is -0.444 e. The van der Waals surface area contributed by atoms with Crippen LogP contribution in [0.1, 0.15) is 40.5 Å². The Balaban J connectivity index is 1.45. The number of fused-ring (bicyclic) bond motifs is 1. The number of hydrogen-bond acceptors (Lipinski definition) is 9. The van der Waals surface area contributed by atoms with E-state index in [4.69, 9.17) is 15.5 Å². The molecular weight excluding hydrogens is 422 g/mol. The lowest BCUT2D eigenvalue weighted by molar-refractivity contribution is 0.0448. The SMILES string of the molecule is CN(c1ccnc(N)c1)c1n[nH]c2nc(N3CCC(C)(NC(=O)OC(C)(C)C)CC3)cnc12. The molecule has 1 amide bonds. The zero-order chi connectivity index (χ0) is 23.8. The maximum Gasteiger partial charge on any atom is 0.408 e. The second kappa shape index (κ2) is 8.38. The first kappa shape index (κ1) is 22.6. The van der Waals surface area contributed by atoms with Crippen LogP contribution in [0.5, 0.6) is 0 Å². The molecule has 33 heavy (non-hydrogen) atoms. The first-order valence-electron chi connectivity index (χ1n) is 11.0. The largest absolute Gasteiger partial charge is 0.444 e. The highest BCUT2D eigenvalue weighted by Crippen LogP contribution is 2.30. The highest BCUT2D eigenvalue weighted by atomic mass is 16.6. The number of amides is 1. The number of rotatable bonds is 4. The van der Waals surface area contributed by atoms with Crippen molar-refractivity contribution >= 4 is 40.4 Å². The molecule has 1 fully saturated rings. The molecule has 1 saturated heterocycles. The zero-order valence-electron chi connectivity index (χ0n) is 19.7. The predicted molar refractivity (Wildman–Crippen MR) is 128 cm³/mol. The van der Waals surface area contributed by atoms with Gasteiger partial charge in [0.25, 0.3) is 0 Å². The number of pyridine rings is 1. The maximum absolute atomic E-state index is 12.2. The van der Waals surface area contributed by atoms with Gasteiger partial charge < -0.3 is 25.6 Å². The van der Waals surface area contributed by atoms with Crippen LogP contribution in [0.15, 0.2) is 24.5 Å². The monoisotopic (exact) mass is 453 g/mol. The van der Waals surface area contributed by atoms with Crippen LogP contribution in [0.25, 0.3) is 11.2 Å². The summed E-state index contributed by atoms with van der Waals surface area (Å²) in [5.74, 6) is 1.86. The van der Waals surface area contributed by atoms with E-state index in [1.54, 1.807) is 18.5 Å². The van der Waals surface area contributed by atoms with Crippen molar-refractivity contribution < 1.29 is 9.53 Å². The number of carbonyl (C=O) groups excluding carboxylic acids is 1. The number of aromatic nitrogens is 5. The summed E-state index contributed by atoms with van der Waals surface area (Å²) in [4.78, 5) is 29.7. The fourth-order valence-corrected chi connectivity index (χ4v) is 3.84. The summed E-state index contributed by atoms with van der Waals surface area (Å²) in [7, 11) is 1.89. The molecule has 0 aliphatic carbocycles. The van der Waals surface area contributed by atoms with Gasteiger partial charge in [-0.05, 0) is 46.6 Å². The molecule has 0 saturated carbocycles. The van der Waals surface area contributed by atoms with E-state index in [9.17, 15) is 4.79 Å². The lowest BCUT2D eigenvalue weighted by Crippen LogP contribution is -2.54. The van der Waals surface area contributed by atoms with Crippen LogP contribution in [0.2, 0.25) is 0 Å². The van der Waals surface area contributed by atoms with Crippen molar-refractivity contribution in [1.82, 2.24) is 30.5 Å². The average Bonchev–Trinajstić information content (AvgIpc) is 3.15. The third-order valence-electron chi connectivity index (χ3n) is 5.70. The van der Waals surface area contributed by atoms with Gasteiger partial charge in [0.2, 0.25) is 0 Å². The number of ether oxygens (including phenoxy) is 1. The number of carbonyl (C=O) groups is 1. The molecule has 3 aromatic heterocycles. The molecule has 4 rings (SSSR count). The molecule has 11 heteroatoms. The molecule has 0 atom stereocenters. The molecule has 0 unspecified atom stereocenters. The topological polar surface area (TPSA) is 138 Å². The van der Waals surface area contributed by atoms with Gasteiger partial charge in [0.1, 0.15) is 17.2 Å². The van der Waals surface area contributed by atoms with Gasteiger partial charge in [-0.25, -0.2) is 19.7 Å². The minimum absolute atomic E-state index is 0.327. The summed E-state index contributed by atoms with van der Waals surface area (Å²) in [6.07, 6.45) is 4.57. The van der Waals surface area contributed by atoms with Gasteiger partial charge in [0, 0.05) is 43.6 Å². The normalized spacial score (nSPS) is 16.0. The van der Waals surface area contributed by atoms with Gasteiger partial charge >= 0.3 is 6.09 Å². The van der Waals surface area contributed by atoms with Crippen molar-refractivity contribution in [2.75, 3.05) is 35.7 Å². The van der Waals surface area contributed by atoms with Crippen molar-refractivity contribution in [2.24, 2.45) is 0 Å². The van der Waals surface area contributed by atoms with E-state index in [1.165, 1.54) is 0 Å². The highest BCUT2D eigenvalue weighted by molar-refractivity contribution is 5.87. The molecule has 0 aromatic carbocycles. The Bertz CT molecular complexity index is 1150. The fourth-order valence-electron chi connectivity index (χ4n) is 3.84. The van der Waals surface area contributed by atoms with E-state index >= 15 is 0 Å². The molecule has 11 nitrogen and oxygen atoms in total. The van der Waals surface area contributed by atoms with Crippen molar-refractivity contribution in [3.63, 3.8) is 0 Å². The number of piperidine rings is 1. The number of anilines is 4. The maximum atomic E-state index is 12.2. The molecule has 4 N–H and O–H groups in total. The lowest BCUT2D eigenvalue weighted by atomic mass is 9.90. The standard InChI is InChI=1S/C22H31N9O2/c1-21(2,3)33-20(32)27-22(4)7-10-31(11-8-22)16-13-25-17-18(26-16)28-29-19(17)30(5)14-6-9-24-15(23)12-14/h6,9,12-13H,7-8,10-11H2,1-5H3,(H2,23,24)(H,27,32)(H,26,28,29). The van der Waals surface area contributed by atoms with Crippen molar-refractivity contribution in [1.29, 1.82) is 0 Å². The molecule has 4 heterocycles. The van der Waals surface area contributed by atoms with Gasteiger partial charge in [0.05, 0.1) is 6.20 Å². The Morgan fingerprint density at radius 3 is 2.70 bits per heavy atom. The summed E-state index contributed by atoms with van der Waals surface area (Å²) in [5.41, 5.74) is 7.10. The molecule has 1 aliphatic heterocycles. The molecule has 176 valence electrons. The second-order valence-corrected chi connectivity index (χ2v) is 9.65. The zero-order valence-corrected chi connectivity index (χ0v) is 19.7. The number of nitrogens with one attached hydrogen (secondary N) is 2. The number of hydrogen-bond donors (Lipinski definition) is 3. The summed E-state index contributed by atoms with van der Waals surface area (Å²) >= 11 is 0. The van der Waals surface area contributed by atoms with Crippen LogP contribution in [0.3, 0.4) is 0 Å². The first-order chi connectivity index (χ1) is 15.5. The number of nitrogens with two attached hydrogens (primary N) is 1. The highest BCUT2D eigenvalue weighted by Gasteiger charge is 2.33. The Labute approximate surface area is 192 Å². The smallest absolute Gasteiger partial charge is 0.408 e. The Morgan fingerprint density at radius 2 is 2.03 bits per heavy atom. The fraction of sp³-hybridized carbons (Fsp3) is 0.500. The van der Waals surface area contributed by atoms with Crippen LogP contribution < -0.4 is 20.9 Å². The van der Waals surface area contributed by atoms with Crippen molar-refractivity contribution in [3.8, 4) is 0 Å². The Hall–Kier alpha value is -3.63.